The van der Waals surface area contributed by atoms with Crippen LogP contribution in [0.25, 0.3) is 0 Å². The maximum atomic E-state index is 12.4. The average Bonchev–Trinajstić information content (AvgIpc) is 2.62. The van der Waals surface area contributed by atoms with Crippen LogP contribution in [0.4, 0.5) is 17.2 Å². The molecular weight excluding hydrogens is 332 g/mol. The normalized spacial score (nSPS) is 13.6. The molecule has 2 amide bonds. The Labute approximate surface area is 151 Å². The number of nitrogens with one attached hydrogen (secondary N) is 3. The molecule has 0 atom stereocenters. The Morgan fingerprint density at radius 3 is 2.77 bits per heavy atom. The molecule has 0 saturated carbocycles. The van der Waals surface area contributed by atoms with Gasteiger partial charge in [-0.25, -0.2) is 15.4 Å². The van der Waals surface area contributed by atoms with Crippen molar-refractivity contribution in [1.29, 1.82) is 0 Å². The zero-order valence-corrected chi connectivity index (χ0v) is 14.7. The lowest BCUT2D eigenvalue weighted by Crippen LogP contribution is -2.33. The van der Waals surface area contributed by atoms with Crippen molar-refractivity contribution >= 4 is 34.7 Å². The van der Waals surface area contributed by atoms with E-state index in [0.717, 1.165) is 23.4 Å². The molecule has 2 aromatic rings. The van der Waals surface area contributed by atoms with Crippen molar-refractivity contribution in [3.63, 3.8) is 0 Å². The SMILES string of the molecule is CCc1ccc(Nc2cc(C)ncn2)cc1NC(=O)C1=NNC(=O)CC1. The molecule has 2 heterocycles. The quantitative estimate of drug-likeness (QED) is 0.765. The number of hydrazone groups is 1. The van der Waals surface area contributed by atoms with Crippen LogP contribution in [0.15, 0.2) is 35.7 Å². The highest BCUT2D eigenvalue weighted by atomic mass is 16.2. The molecule has 0 unspecified atom stereocenters. The Hall–Kier alpha value is -3.29. The highest BCUT2D eigenvalue weighted by molar-refractivity contribution is 6.43. The molecule has 0 aliphatic carbocycles. The summed E-state index contributed by atoms with van der Waals surface area (Å²) in [5.41, 5.74) is 6.02. The lowest BCUT2D eigenvalue weighted by molar-refractivity contribution is -0.121. The van der Waals surface area contributed by atoms with Gasteiger partial charge >= 0.3 is 0 Å². The van der Waals surface area contributed by atoms with Crippen molar-refractivity contribution in [2.24, 2.45) is 5.10 Å². The van der Waals surface area contributed by atoms with E-state index in [1.54, 1.807) is 0 Å². The first kappa shape index (κ1) is 17.5. The van der Waals surface area contributed by atoms with Crippen molar-refractivity contribution in [1.82, 2.24) is 15.4 Å². The minimum Gasteiger partial charge on any atom is -0.340 e. The van der Waals surface area contributed by atoms with Crippen molar-refractivity contribution in [2.75, 3.05) is 10.6 Å². The van der Waals surface area contributed by atoms with Crippen molar-refractivity contribution in [3.8, 4) is 0 Å². The van der Waals surface area contributed by atoms with Gasteiger partial charge in [0.1, 0.15) is 17.9 Å². The highest BCUT2D eigenvalue weighted by Gasteiger charge is 2.19. The summed E-state index contributed by atoms with van der Waals surface area (Å²) in [5, 5.41) is 9.93. The summed E-state index contributed by atoms with van der Waals surface area (Å²) >= 11 is 0. The van der Waals surface area contributed by atoms with Crippen LogP contribution in [0.3, 0.4) is 0 Å². The zero-order chi connectivity index (χ0) is 18.5. The van der Waals surface area contributed by atoms with Gasteiger partial charge in [-0.15, -0.1) is 0 Å². The third kappa shape index (κ3) is 4.21. The van der Waals surface area contributed by atoms with E-state index in [4.69, 9.17) is 0 Å². The Kier molecular flexibility index (Phi) is 5.21. The number of aryl methyl sites for hydroxylation is 2. The lowest BCUT2D eigenvalue weighted by atomic mass is 10.1. The van der Waals surface area contributed by atoms with Gasteiger partial charge in [0.15, 0.2) is 0 Å². The largest absolute Gasteiger partial charge is 0.340 e. The summed E-state index contributed by atoms with van der Waals surface area (Å²) < 4.78 is 0. The summed E-state index contributed by atoms with van der Waals surface area (Å²) in [6.07, 6.45) is 2.86. The second-order valence-corrected chi connectivity index (χ2v) is 5.94. The van der Waals surface area contributed by atoms with Gasteiger partial charge in [-0.2, -0.15) is 5.10 Å². The topological polar surface area (TPSA) is 108 Å². The number of amides is 2. The van der Waals surface area contributed by atoms with Gasteiger partial charge in [-0.1, -0.05) is 13.0 Å². The van der Waals surface area contributed by atoms with Gasteiger partial charge in [0.25, 0.3) is 5.91 Å². The fraction of sp³-hybridized carbons (Fsp3) is 0.278. The number of carbonyl (C=O) groups is 2. The van der Waals surface area contributed by atoms with Crippen LogP contribution < -0.4 is 16.1 Å². The van der Waals surface area contributed by atoms with E-state index in [9.17, 15) is 9.59 Å². The third-order valence-electron chi connectivity index (χ3n) is 3.98. The van der Waals surface area contributed by atoms with Crippen molar-refractivity contribution in [2.45, 2.75) is 33.1 Å². The number of nitrogens with zero attached hydrogens (tertiary/aromatic N) is 3. The van der Waals surface area contributed by atoms with E-state index in [2.05, 4.69) is 31.1 Å². The number of hydrogen-bond donors (Lipinski definition) is 3. The van der Waals surface area contributed by atoms with Gasteiger partial charge in [0.2, 0.25) is 5.91 Å². The minimum absolute atomic E-state index is 0.179. The minimum atomic E-state index is -0.310. The van der Waals surface area contributed by atoms with E-state index in [1.807, 2.05) is 38.1 Å². The van der Waals surface area contributed by atoms with Gasteiger partial charge in [0.05, 0.1) is 0 Å². The van der Waals surface area contributed by atoms with Crippen molar-refractivity contribution < 1.29 is 9.59 Å². The third-order valence-corrected chi connectivity index (χ3v) is 3.98. The summed E-state index contributed by atoms with van der Waals surface area (Å²) in [5.74, 6) is 0.190. The molecule has 1 aromatic heterocycles. The molecule has 0 bridgehead atoms. The van der Waals surface area contributed by atoms with Crippen LogP contribution in [-0.2, 0) is 16.0 Å². The monoisotopic (exact) mass is 352 g/mol. The molecule has 8 nitrogen and oxygen atoms in total. The molecule has 1 aliphatic heterocycles. The van der Waals surface area contributed by atoms with Crippen LogP contribution in [0.1, 0.15) is 31.0 Å². The first-order valence-electron chi connectivity index (χ1n) is 8.40. The van der Waals surface area contributed by atoms with Crippen LogP contribution in [0, 0.1) is 6.92 Å². The summed E-state index contributed by atoms with van der Waals surface area (Å²) in [7, 11) is 0. The smallest absolute Gasteiger partial charge is 0.271 e. The molecular formula is C18H20N6O2. The fourth-order valence-electron chi connectivity index (χ4n) is 2.58. The van der Waals surface area contributed by atoms with Gasteiger partial charge < -0.3 is 10.6 Å². The van der Waals surface area contributed by atoms with Crippen LogP contribution in [0.2, 0.25) is 0 Å². The van der Waals surface area contributed by atoms with Crippen LogP contribution in [-0.4, -0.2) is 27.5 Å². The Bertz CT molecular complexity index is 878. The Morgan fingerprint density at radius 1 is 1.23 bits per heavy atom. The maximum absolute atomic E-state index is 12.4. The number of hydrogen-bond acceptors (Lipinski definition) is 6. The van der Waals surface area contributed by atoms with Gasteiger partial charge in [0, 0.05) is 36.0 Å². The van der Waals surface area contributed by atoms with Gasteiger partial charge in [-0.3, -0.25) is 9.59 Å². The van der Waals surface area contributed by atoms with E-state index < -0.39 is 0 Å². The summed E-state index contributed by atoms with van der Waals surface area (Å²) in [6, 6.07) is 7.59. The molecule has 134 valence electrons. The van der Waals surface area contributed by atoms with E-state index in [-0.39, 0.29) is 18.2 Å². The number of rotatable bonds is 5. The standard InChI is InChI=1S/C18H20N6O2/c1-3-12-4-5-13(21-16-8-11(2)19-10-20-16)9-15(12)22-18(26)14-6-7-17(25)24-23-14/h4-5,8-10H,3,6-7H2,1-2H3,(H,22,26)(H,24,25)(H,19,20,21). The molecule has 0 radical (unpaired) electrons. The predicted octanol–water partition coefficient (Wildman–Crippen LogP) is 2.30. The van der Waals surface area contributed by atoms with Gasteiger partial charge in [-0.05, 0) is 31.0 Å². The maximum Gasteiger partial charge on any atom is 0.271 e. The first-order chi connectivity index (χ1) is 12.5. The number of anilines is 3. The summed E-state index contributed by atoms with van der Waals surface area (Å²) in [4.78, 5) is 31.8. The second kappa shape index (κ2) is 7.73. The predicted molar refractivity (Wildman–Crippen MR) is 99.3 cm³/mol. The highest BCUT2D eigenvalue weighted by Crippen LogP contribution is 2.24. The number of aromatic nitrogens is 2. The summed E-state index contributed by atoms with van der Waals surface area (Å²) in [6.45, 7) is 3.91. The number of benzene rings is 1. The fourth-order valence-corrected chi connectivity index (χ4v) is 2.58. The molecule has 0 saturated heterocycles. The Balaban J connectivity index is 1.79. The van der Waals surface area contributed by atoms with Crippen LogP contribution in [0.5, 0.6) is 0 Å². The average molecular weight is 352 g/mol. The van der Waals surface area contributed by atoms with Crippen LogP contribution >= 0.6 is 0 Å². The molecule has 0 fully saturated rings. The Morgan fingerprint density at radius 2 is 2.08 bits per heavy atom. The van der Waals surface area contributed by atoms with Crippen molar-refractivity contribution in [3.05, 3.63) is 41.9 Å². The molecule has 3 rings (SSSR count). The molecule has 1 aromatic carbocycles. The molecule has 8 heteroatoms. The van der Waals surface area contributed by atoms with E-state index in [1.165, 1.54) is 6.33 Å². The van der Waals surface area contributed by atoms with E-state index in [0.29, 0.717) is 23.6 Å². The van der Waals surface area contributed by atoms with E-state index >= 15 is 0 Å². The number of carbonyl (C=O) groups excluding carboxylic acids is 2. The molecule has 1 aliphatic rings. The molecule has 26 heavy (non-hydrogen) atoms. The lowest BCUT2D eigenvalue weighted by Gasteiger charge is -2.15. The first-order valence-corrected chi connectivity index (χ1v) is 8.40. The molecule has 0 spiro atoms. The molecule has 3 N–H and O–H groups in total. The zero-order valence-electron chi connectivity index (χ0n) is 14.7. The second-order valence-electron chi connectivity index (χ2n) is 5.94.